The highest BCUT2D eigenvalue weighted by atomic mass is 32.2. The minimum Gasteiger partial charge on any atom is -0.452 e. The zero-order valence-electron chi connectivity index (χ0n) is 16.6. The highest BCUT2D eigenvalue weighted by Gasteiger charge is 2.22. The van der Waals surface area contributed by atoms with Gasteiger partial charge < -0.3 is 14.5 Å². The van der Waals surface area contributed by atoms with E-state index >= 15 is 0 Å². The lowest BCUT2D eigenvalue weighted by Gasteiger charge is -2.18. The van der Waals surface area contributed by atoms with E-state index in [1.54, 1.807) is 48.0 Å². The number of hydrogen-bond donors (Lipinski definition) is 0. The van der Waals surface area contributed by atoms with Crippen LogP contribution in [0.15, 0.2) is 53.4 Å². The lowest BCUT2D eigenvalue weighted by Crippen LogP contribution is -2.30. The lowest BCUT2D eigenvalue weighted by atomic mass is 10.2. The first kappa shape index (κ1) is 20.9. The molecule has 0 radical (unpaired) electrons. The summed E-state index contributed by atoms with van der Waals surface area (Å²) in [6.07, 6.45) is 3.42. The van der Waals surface area contributed by atoms with Crippen molar-refractivity contribution in [2.24, 2.45) is 0 Å². The Morgan fingerprint density at radius 3 is 2.38 bits per heavy atom. The van der Waals surface area contributed by atoms with Crippen LogP contribution in [0.5, 0.6) is 0 Å². The second kappa shape index (κ2) is 9.60. The van der Waals surface area contributed by atoms with E-state index < -0.39 is 5.97 Å². The molecule has 0 saturated carbocycles. The van der Waals surface area contributed by atoms with Gasteiger partial charge in [-0.05, 0) is 54.6 Å². The van der Waals surface area contributed by atoms with Gasteiger partial charge in [0.05, 0.1) is 5.56 Å². The monoisotopic (exact) mass is 412 g/mol. The molecule has 2 aromatic rings. The SMILES string of the molecule is CSc1ccc(CN(C)C(=O)COC(=O)c2ccc(N3CCCC3=O)cc2)cc1. The lowest BCUT2D eigenvalue weighted by molar-refractivity contribution is -0.133. The molecule has 7 heteroatoms. The third-order valence-electron chi connectivity index (χ3n) is 4.82. The normalized spacial score (nSPS) is 13.4. The Balaban J connectivity index is 1.49. The van der Waals surface area contributed by atoms with Gasteiger partial charge in [0.25, 0.3) is 5.91 Å². The van der Waals surface area contributed by atoms with Gasteiger partial charge in [0.15, 0.2) is 6.61 Å². The van der Waals surface area contributed by atoms with Gasteiger partial charge in [0, 0.05) is 37.1 Å². The number of esters is 1. The predicted octanol–water partition coefficient (Wildman–Crippen LogP) is 3.35. The summed E-state index contributed by atoms with van der Waals surface area (Å²) in [7, 11) is 1.68. The van der Waals surface area contributed by atoms with Crippen molar-refractivity contribution in [3.8, 4) is 0 Å². The van der Waals surface area contributed by atoms with E-state index in [9.17, 15) is 14.4 Å². The van der Waals surface area contributed by atoms with Crippen LogP contribution in [0.2, 0.25) is 0 Å². The molecule has 1 fully saturated rings. The van der Waals surface area contributed by atoms with E-state index in [0.717, 1.165) is 22.6 Å². The summed E-state index contributed by atoms with van der Waals surface area (Å²) in [5.74, 6) is -0.737. The number of nitrogens with zero attached hydrogens (tertiary/aromatic N) is 2. The molecule has 2 amide bonds. The van der Waals surface area contributed by atoms with Gasteiger partial charge >= 0.3 is 5.97 Å². The molecule has 3 rings (SSSR count). The Bertz CT molecular complexity index is 881. The minimum atomic E-state index is -0.560. The van der Waals surface area contributed by atoms with Crippen LogP contribution in [0.25, 0.3) is 0 Å². The molecule has 29 heavy (non-hydrogen) atoms. The quantitative estimate of drug-likeness (QED) is 0.515. The van der Waals surface area contributed by atoms with Crippen LogP contribution in [0.1, 0.15) is 28.8 Å². The molecule has 1 heterocycles. The van der Waals surface area contributed by atoms with Gasteiger partial charge in [-0.15, -0.1) is 11.8 Å². The molecule has 1 aliphatic heterocycles. The van der Waals surface area contributed by atoms with Crippen molar-refractivity contribution >= 4 is 35.2 Å². The maximum Gasteiger partial charge on any atom is 0.338 e. The first-order chi connectivity index (χ1) is 14.0. The fourth-order valence-corrected chi connectivity index (χ4v) is 3.52. The van der Waals surface area contributed by atoms with E-state index in [1.807, 2.05) is 30.5 Å². The van der Waals surface area contributed by atoms with Crippen LogP contribution in [-0.2, 0) is 20.9 Å². The predicted molar refractivity (Wildman–Crippen MR) is 113 cm³/mol. The molecule has 0 unspecified atom stereocenters. The van der Waals surface area contributed by atoms with Crippen LogP contribution < -0.4 is 4.90 Å². The van der Waals surface area contributed by atoms with Crippen LogP contribution >= 0.6 is 11.8 Å². The Morgan fingerprint density at radius 2 is 1.79 bits per heavy atom. The van der Waals surface area contributed by atoms with E-state index in [0.29, 0.717) is 25.1 Å². The molecule has 1 saturated heterocycles. The number of thioether (sulfide) groups is 1. The maximum atomic E-state index is 12.3. The number of likely N-dealkylation sites (N-methyl/N-ethyl adjacent to an activating group) is 1. The summed E-state index contributed by atoms with van der Waals surface area (Å²) in [5, 5.41) is 0. The number of amides is 2. The Kier molecular flexibility index (Phi) is 6.93. The third-order valence-corrected chi connectivity index (χ3v) is 5.56. The maximum absolute atomic E-state index is 12.3. The van der Waals surface area contributed by atoms with Crippen molar-refractivity contribution in [2.75, 3.05) is 31.4 Å². The molecule has 0 N–H and O–H groups in total. The number of carbonyl (C=O) groups excluding carboxylic acids is 3. The summed E-state index contributed by atoms with van der Waals surface area (Å²) in [6.45, 7) is 0.831. The zero-order valence-corrected chi connectivity index (χ0v) is 17.4. The molecule has 152 valence electrons. The van der Waals surface area contributed by atoms with Crippen molar-refractivity contribution in [1.82, 2.24) is 4.90 Å². The smallest absolute Gasteiger partial charge is 0.338 e. The van der Waals surface area contributed by atoms with E-state index in [2.05, 4.69) is 0 Å². The van der Waals surface area contributed by atoms with Gasteiger partial charge in [-0.25, -0.2) is 4.79 Å². The van der Waals surface area contributed by atoms with Gasteiger partial charge in [0.2, 0.25) is 5.91 Å². The first-order valence-electron chi connectivity index (χ1n) is 9.42. The minimum absolute atomic E-state index is 0.0945. The van der Waals surface area contributed by atoms with E-state index in [1.165, 1.54) is 4.90 Å². The van der Waals surface area contributed by atoms with Crippen molar-refractivity contribution in [3.05, 3.63) is 59.7 Å². The molecular formula is C22H24N2O4S. The van der Waals surface area contributed by atoms with Crippen molar-refractivity contribution in [3.63, 3.8) is 0 Å². The molecule has 0 bridgehead atoms. The molecule has 1 aliphatic rings. The van der Waals surface area contributed by atoms with Crippen molar-refractivity contribution < 1.29 is 19.1 Å². The highest BCUT2D eigenvalue weighted by Crippen LogP contribution is 2.22. The molecule has 0 spiro atoms. The number of benzene rings is 2. The number of rotatable bonds is 7. The summed E-state index contributed by atoms with van der Waals surface area (Å²) < 4.78 is 5.16. The van der Waals surface area contributed by atoms with Gasteiger partial charge in [-0.3, -0.25) is 9.59 Å². The summed E-state index contributed by atoms with van der Waals surface area (Å²) in [5.41, 5.74) is 2.13. The standard InChI is InChI=1S/C22H24N2O4S/c1-23(14-16-5-11-19(29-2)12-6-16)21(26)15-28-22(27)17-7-9-18(10-8-17)24-13-3-4-20(24)25/h5-12H,3-4,13-15H2,1-2H3. The average Bonchev–Trinajstić information content (AvgIpc) is 3.18. The molecule has 6 nitrogen and oxygen atoms in total. The van der Waals surface area contributed by atoms with Crippen LogP contribution in [0, 0.1) is 0 Å². The van der Waals surface area contributed by atoms with Crippen LogP contribution in [0.3, 0.4) is 0 Å². The summed E-state index contributed by atoms with van der Waals surface area (Å²) >= 11 is 1.66. The summed E-state index contributed by atoms with van der Waals surface area (Å²) in [6, 6.07) is 14.7. The second-order valence-electron chi connectivity index (χ2n) is 6.87. The largest absolute Gasteiger partial charge is 0.452 e. The molecule has 0 aliphatic carbocycles. The Morgan fingerprint density at radius 1 is 1.10 bits per heavy atom. The highest BCUT2D eigenvalue weighted by molar-refractivity contribution is 7.98. The Labute approximate surface area is 174 Å². The van der Waals surface area contributed by atoms with Crippen LogP contribution in [-0.4, -0.2) is 49.1 Å². The number of anilines is 1. The molecule has 2 aromatic carbocycles. The van der Waals surface area contributed by atoms with Gasteiger partial charge in [0.1, 0.15) is 0 Å². The fraction of sp³-hybridized carbons (Fsp3) is 0.318. The molecule has 0 atom stereocenters. The topological polar surface area (TPSA) is 66.9 Å². The van der Waals surface area contributed by atoms with E-state index in [-0.39, 0.29) is 18.4 Å². The Hall–Kier alpha value is -2.80. The van der Waals surface area contributed by atoms with Crippen molar-refractivity contribution in [1.29, 1.82) is 0 Å². The number of carbonyl (C=O) groups is 3. The molecular weight excluding hydrogens is 388 g/mol. The average molecular weight is 413 g/mol. The zero-order chi connectivity index (χ0) is 20.8. The summed E-state index contributed by atoms with van der Waals surface area (Å²) in [4.78, 5) is 40.7. The fourth-order valence-electron chi connectivity index (χ4n) is 3.11. The van der Waals surface area contributed by atoms with E-state index in [4.69, 9.17) is 4.74 Å². The second-order valence-corrected chi connectivity index (χ2v) is 7.75. The first-order valence-corrected chi connectivity index (χ1v) is 10.6. The van der Waals surface area contributed by atoms with Gasteiger partial charge in [-0.1, -0.05) is 12.1 Å². The van der Waals surface area contributed by atoms with Crippen molar-refractivity contribution in [2.45, 2.75) is 24.3 Å². The number of hydrogen-bond acceptors (Lipinski definition) is 5. The van der Waals surface area contributed by atoms with Gasteiger partial charge in [-0.2, -0.15) is 0 Å². The number of ether oxygens (including phenoxy) is 1. The third kappa shape index (κ3) is 5.38. The van der Waals surface area contributed by atoms with Crippen LogP contribution in [0.4, 0.5) is 5.69 Å². The molecule has 0 aromatic heterocycles.